The average molecular weight is 322 g/mol. The molecule has 5 heteroatoms. The fourth-order valence-electron chi connectivity index (χ4n) is 2.86. The second kappa shape index (κ2) is 7.16. The number of hydrogen-bond donors (Lipinski definition) is 1. The van der Waals surface area contributed by atoms with Crippen molar-refractivity contribution in [3.05, 3.63) is 64.7 Å². The molecule has 0 saturated carbocycles. The molecule has 5 nitrogen and oxygen atoms in total. The molecule has 0 aliphatic carbocycles. The number of methoxy groups -OCH3 is 1. The topological polar surface area (TPSA) is 71.4 Å². The van der Waals surface area contributed by atoms with Crippen LogP contribution in [0.1, 0.15) is 22.3 Å². The lowest BCUT2D eigenvalue weighted by Crippen LogP contribution is -2.42. The number of benzene rings is 2. The Labute approximate surface area is 140 Å². The Hall–Kier alpha value is -2.84. The maximum atomic E-state index is 11.8. The maximum Gasteiger partial charge on any atom is 0.323 e. The molecule has 0 spiro atoms. The van der Waals surface area contributed by atoms with Crippen LogP contribution in [0.25, 0.3) is 0 Å². The van der Waals surface area contributed by atoms with E-state index in [2.05, 4.69) is 11.4 Å². The van der Waals surface area contributed by atoms with Crippen molar-refractivity contribution in [3.63, 3.8) is 0 Å². The molecule has 2 aromatic carbocycles. The highest BCUT2D eigenvalue weighted by Gasteiger charge is 2.28. The van der Waals surface area contributed by atoms with Gasteiger partial charge in [0, 0.05) is 18.5 Å². The Morgan fingerprint density at radius 2 is 2.08 bits per heavy atom. The van der Waals surface area contributed by atoms with E-state index < -0.39 is 6.04 Å². The van der Waals surface area contributed by atoms with E-state index in [4.69, 9.17) is 9.47 Å². The third kappa shape index (κ3) is 3.24. The van der Waals surface area contributed by atoms with Crippen LogP contribution >= 0.6 is 0 Å². The molecule has 0 aromatic heterocycles. The molecule has 1 unspecified atom stereocenters. The molecule has 0 saturated heterocycles. The molecule has 0 fully saturated rings. The van der Waals surface area contributed by atoms with Gasteiger partial charge in [-0.25, -0.2) is 0 Å². The first-order chi connectivity index (χ1) is 11.7. The van der Waals surface area contributed by atoms with Gasteiger partial charge in [0.1, 0.15) is 24.5 Å². The van der Waals surface area contributed by atoms with Crippen LogP contribution in [0.15, 0.2) is 42.5 Å². The van der Waals surface area contributed by atoms with Gasteiger partial charge in [-0.05, 0) is 17.2 Å². The minimum atomic E-state index is -0.421. The van der Waals surface area contributed by atoms with Gasteiger partial charge in [-0.1, -0.05) is 36.4 Å². The molecule has 24 heavy (non-hydrogen) atoms. The number of hydrogen-bond acceptors (Lipinski definition) is 5. The second-order valence-corrected chi connectivity index (χ2v) is 5.63. The lowest BCUT2D eigenvalue weighted by Gasteiger charge is -2.26. The minimum Gasteiger partial charge on any atom is -0.487 e. The number of nitrogens with one attached hydrogen (secondary N) is 1. The van der Waals surface area contributed by atoms with Crippen LogP contribution in [-0.4, -0.2) is 19.1 Å². The van der Waals surface area contributed by atoms with Gasteiger partial charge < -0.3 is 14.8 Å². The van der Waals surface area contributed by atoms with Gasteiger partial charge in [0.15, 0.2) is 0 Å². The SMILES string of the molecule is COC(=O)C1Cc2c(ccc(C#N)c2OCc2ccccc2)CN1. The summed E-state index contributed by atoms with van der Waals surface area (Å²) in [6.45, 7) is 0.921. The summed E-state index contributed by atoms with van der Waals surface area (Å²) in [5.74, 6) is 0.256. The van der Waals surface area contributed by atoms with Gasteiger partial charge in [-0.2, -0.15) is 5.26 Å². The van der Waals surface area contributed by atoms with E-state index in [1.54, 1.807) is 6.07 Å². The summed E-state index contributed by atoms with van der Waals surface area (Å²) in [5, 5.41) is 12.6. The third-order valence-electron chi connectivity index (χ3n) is 4.14. The minimum absolute atomic E-state index is 0.308. The van der Waals surface area contributed by atoms with Crippen LogP contribution in [0.2, 0.25) is 0 Å². The van der Waals surface area contributed by atoms with E-state index >= 15 is 0 Å². The normalized spacial score (nSPS) is 15.9. The largest absolute Gasteiger partial charge is 0.487 e. The summed E-state index contributed by atoms with van der Waals surface area (Å²) in [6.07, 6.45) is 0.446. The summed E-state index contributed by atoms with van der Waals surface area (Å²) in [4.78, 5) is 11.8. The van der Waals surface area contributed by atoms with Crippen molar-refractivity contribution < 1.29 is 14.3 Å². The number of ether oxygens (including phenoxy) is 2. The molecule has 1 aliphatic rings. The van der Waals surface area contributed by atoms with Gasteiger partial charge in [0.2, 0.25) is 0 Å². The number of carbonyl (C=O) groups excluding carboxylic acids is 1. The summed E-state index contributed by atoms with van der Waals surface area (Å²) in [6, 6.07) is 15.2. The van der Waals surface area contributed by atoms with Gasteiger partial charge in [0.25, 0.3) is 0 Å². The van der Waals surface area contributed by atoms with Gasteiger partial charge >= 0.3 is 5.97 Å². The number of rotatable bonds is 4. The molecular weight excluding hydrogens is 304 g/mol. The molecule has 1 heterocycles. The van der Waals surface area contributed by atoms with E-state index in [1.807, 2.05) is 36.4 Å². The summed E-state index contributed by atoms with van der Waals surface area (Å²) in [5.41, 5.74) is 3.45. The summed E-state index contributed by atoms with van der Waals surface area (Å²) >= 11 is 0. The van der Waals surface area contributed by atoms with E-state index in [0.717, 1.165) is 16.7 Å². The Balaban J connectivity index is 1.90. The third-order valence-corrected chi connectivity index (χ3v) is 4.14. The van der Waals surface area contributed by atoms with Crippen molar-refractivity contribution in [2.45, 2.75) is 25.6 Å². The highest BCUT2D eigenvalue weighted by atomic mass is 16.5. The zero-order chi connectivity index (χ0) is 16.9. The molecule has 3 rings (SSSR count). The van der Waals surface area contributed by atoms with Crippen molar-refractivity contribution in [2.24, 2.45) is 0 Å². The number of carbonyl (C=O) groups is 1. The first-order valence-corrected chi connectivity index (χ1v) is 7.75. The highest BCUT2D eigenvalue weighted by Crippen LogP contribution is 2.31. The lowest BCUT2D eigenvalue weighted by molar-refractivity contribution is -0.143. The molecule has 1 atom stereocenters. The van der Waals surface area contributed by atoms with E-state index in [1.165, 1.54) is 7.11 Å². The second-order valence-electron chi connectivity index (χ2n) is 5.63. The van der Waals surface area contributed by atoms with Crippen LogP contribution in [-0.2, 0) is 29.1 Å². The zero-order valence-electron chi connectivity index (χ0n) is 13.4. The maximum absolute atomic E-state index is 11.8. The van der Waals surface area contributed by atoms with Crippen molar-refractivity contribution in [3.8, 4) is 11.8 Å². The molecule has 0 bridgehead atoms. The van der Waals surface area contributed by atoms with E-state index in [9.17, 15) is 10.1 Å². The van der Waals surface area contributed by atoms with Gasteiger partial charge in [0.05, 0.1) is 12.7 Å². The quantitative estimate of drug-likeness (QED) is 0.875. The van der Waals surface area contributed by atoms with Crippen molar-refractivity contribution >= 4 is 5.97 Å². The van der Waals surface area contributed by atoms with Crippen LogP contribution in [0, 0.1) is 11.3 Å². The van der Waals surface area contributed by atoms with Crippen molar-refractivity contribution in [2.75, 3.05) is 7.11 Å². The molecule has 122 valence electrons. The summed E-state index contributed by atoms with van der Waals surface area (Å²) in [7, 11) is 1.37. The van der Waals surface area contributed by atoms with Crippen molar-refractivity contribution in [1.29, 1.82) is 5.26 Å². The molecule has 1 N–H and O–H groups in total. The Bertz CT molecular complexity index is 781. The molecular formula is C19H18N2O3. The highest BCUT2D eigenvalue weighted by molar-refractivity contribution is 5.77. The Kier molecular flexibility index (Phi) is 4.78. The number of esters is 1. The Morgan fingerprint density at radius 1 is 1.29 bits per heavy atom. The molecule has 0 amide bonds. The fraction of sp³-hybridized carbons (Fsp3) is 0.263. The van der Waals surface area contributed by atoms with Gasteiger partial charge in [-0.15, -0.1) is 0 Å². The Morgan fingerprint density at radius 3 is 2.79 bits per heavy atom. The number of nitriles is 1. The molecule has 2 aromatic rings. The van der Waals surface area contributed by atoms with Crippen LogP contribution in [0.3, 0.4) is 0 Å². The number of fused-ring (bicyclic) bond motifs is 1. The number of nitrogens with zero attached hydrogens (tertiary/aromatic N) is 1. The fourth-order valence-corrected chi connectivity index (χ4v) is 2.86. The van der Waals surface area contributed by atoms with Crippen LogP contribution in [0.4, 0.5) is 0 Å². The lowest BCUT2D eigenvalue weighted by atomic mass is 9.93. The first-order valence-electron chi connectivity index (χ1n) is 7.75. The zero-order valence-corrected chi connectivity index (χ0v) is 13.4. The smallest absolute Gasteiger partial charge is 0.323 e. The monoisotopic (exact) mass is 322 g/mol. The molecule has 1 aliphatic heterocycles. The summed E-state index contributed by atoms with van der Waals surface area (Å²) < 4.78 is 10.8. The predicted octanol–water partition coefficient (Wildman–Crippen LogP) is 2.32. The van der Waals surface area contributed by atoms with E-state index in [-0.39, 0.29) is 5.97 Å². The van der Waals surface area contributed by atoms with Crippen molar-refractivity contribution in [1.82, 2.24) is 5.32 Å². The van der Waals surface area contributed by atoms with Gasteiger partial charge in [-0.3, -0.25) is 4.79 Å². The predicted molar refractivity (Wildman–Crippen MR) is 88.3 cm³/mol. The first kappa shape index (κ1) is 16.0. The van der Waals surface area contributed by atoms with E-state index in [0.29, 0.717) is 30.9 Å². The standard InChI is InChI=1S/C19H18N2O3/c1-23-19(22)17-9-16-15(11-21-17)8-7-14(10-20)18(16)24-12-13-5-3-2-4-6-13/h2-8,17,21H,9,11-12H2,1H3. The molecule has 0 radical (unpaired) electrons. The average Bonchev–Trinajstić information content (AvgIpc) is 2.65. The van der Waals surface area contributed by atoms with Crippen LogP contribution < -0.4 is 10.1 Å². The van der Waals surface area contributed by atoms with Crippen LogP contribution in [0.5, 0.6) is 5.75 Å².